The molecule has 8 bridgehead atoms. The third-order valence-corrected chi connectivity index (χ3v) is 20.0. The molecule has 0 N–H and O–H groups in total. The van der Waals surface area contributed by atoms with Crippen molar-refractivity contribution in [3.63, 3.8) is 0 Å². The molecule has 8 fully saturated rings. The molecule has 0 radical (unpaired) electrons. The molecular formula is C66H57N. The van der Waals surface area contributed by atoms with Crippen LogP contribution in [0.15, 0.2) is 176 Å². The van der Waals surface area contributed by atoms with Crippen LogP contribution in [0.25, 0.3) is 55.3 Å². The molecule has 1 heteroatoms. The lowest BCUT2D eigenvalue weighted by atomic mass is 9.43. The third-order valence-electron chi connectivity index (χ3n) is 20.0. The molecule has 0 atom stereocenters. The lowest BCUT2D eigenvalue weighted by molar-refractivity contribution is -0.0399. The highest BCUT2D eigenvalue weighted by Gasteiger charge is 2.63. The van der Waals surface area contributed by atoms with Crippen LogP contribution >= 0.6 is 0 Å². The van der Waals surface area contributed by atoms with Crippen molar-refractivity contribution in [3.8, 4) is 44.5 Å². The molecule has 0 aliphatic heterocycles. The summed E-state index contributed by atoms with van der Waals surface area (Å²) >= 11 is 0. The van der Waals surface area contributed by atoms with E-state index in [2.05, 4.69) is 181 Å². The van der Waals surface area contributed by atoms with Gasteiger partial charge in [0.1, 0.15) is 0 Å². The van der Waals surface area contributed by atoms with Gasteiger partial charge in [-0.15, -0.1) is 0 Å². The van der Waals surface area contributed by atoms with Crippen molar-refractivity contribution in [3.05, 3.63) is 198 Å². The summed E-state index contributed by atoms with van der Waals surface area (Å²) in [5.41, 5.74) is 21.8. The highest BCUT2D eigenvalue weighted by molar-refractivity contribution is 6.09. The van der Waals surface area contributed by atoms with Gasteiger partial charge in [0.2, 0.25) is 0 Å². The van der Waals surface area contributed by atoms with Gasteiger partial charge in [0, 0.05) is 27.6 Å². The highest BCUT2D eigenvalue weighted by Crippen LogP contribution is 2.71. The predicted octanol–water partition coefficient (Wildman–Crippen LogP) is 17.1. The number of rotatable bonds is 5. The van der Waals surface area contributed by atoms with Crippen molar-refractivity contribution in [1.82, 2.24) is 0 Å². The molecule has 0 heterocycles. The van der Waals surface area contributed by atoms with Gasteiger partial charge in [0.15, 0.2) is 0 Å². The Bertz CT molecular complexity index is 3280. The average molecular weight is 864 g/mol. The van der Waals surface area contributed by atoms with Gasteiger partial charge in [-0.1, -0.05) is 140 Å². The summed E-state index contributed by atoms with van der Waals surface area (Å²) in [6, 6.07) is 68.6. The number of hydrogen-bond donors (Lipinski definition) is 0. The molecule has 0 amide bonds. The molecule has 10 aliphatic rings. The van der Waals surface area contributed by atoms with E-state index < -0.39 is 0 Å². The SMILES string of the molecule is c1ccc(N(c2ccc(-c3ccc4c(c3)C3(c5ccccc5-4)C4CC5CC(C4)CC3C5)cc2)c2ccc(-c3cccc4c3-c3ccccc3C43C4CC5CC(C4)CC3C5)c3ccccc23)cc1. The Morgan fingerprint density at radius 3 is 1.46 bits per heavy atom. The second-order valence-electron chi connectivity index (χ2n) is 22.8. The lowest BCUT2D eigenvalue weighted by Gasteiger charge is -2.61. The molecule has 1 nitrogen and oxygen atoms in total. The Kier molecular flexibility index (Phi) is 7.75. The zero-order chi connectivity index (χ0) is 43.6. The quantitative estimate of drug-likeness (QED) is 0.167. The zero-order valence-electron chi connectivity index (χ0n) is 38.4. The van der Waals surface area contributed by atoms with Crippen LogP contribution in [0, 0.1) is 47.3 Å². The molecule has 8 aromatic rings. The molecule has 2 spiro atoms. The van der Waals surface area contributed by atoms with Crippen LogP contribution in [0.2, 0.25) is 0 Å². The number of hydrogen-bond acceptors (Lipinski definition) is 1. The van der Waals surface area contributed by atoms with Crippen molar-refractivity contribution >= 4 is 27.8 Å². The summed E-state index contributed by atoms with van der Waals surface area (Å²) in [6.07, 6.45) is 14.2. The number of fused-ring (bicyclic) bond motifs is 7. The third kappa shape index (κ3) is 4.96. The molecule has 8 aromatic carbocycles. The Morgan fingerprint density at radius 1 is 0.313 bits per heavy atom. The Balaban J connectivity index is 0.809. The second kappa shape index (κ2) is 13.7. The van der Waals surface area contributed by atoms with Crippen molar-refractivity contribution < 1.29 is 0 Å². The molecular weight excluding hydrogens is 807 g/mol. The van der Waals surface area contributed by atoms with E-state index in [1.807, 2.05) is 0 Å². The second-order valence-corrected chi connectivity index (χ2v) is 22.8. The van der Waals surface area contributed by atoms with Gasteiger partial charge in [-0.2, -0.15) is 0 Å². The van der Waals surface area contributed by atoms with E-state index in [0.29, 0.717) is 0 Å². The van der Waals surface area contributed by atoms with Gasteiger partial charge in [0.05, 0.1) is 5.69 Å². The largest absolute Gasteiger partial charge is 0.310 e. The maximum Gasteiger partial charge on any atom is 0.0540 e. The number of benzene rings is 8. The van der Waals surface area contributed by atoms with Crippen molar-refractivity contribution in [1.29, 1.82) is 0 Å². The number of nitrogens with zero attached hydrogens (tertiary/aromatic N) is 1. The first kappa shape index (κ1) is 37.9. The van der Waals surface area contributed by atoms with Gasteiger partial charge in [0.25, 0.3) is 0 Å². The fraction of sp³-hybridized carbons (Fsp3) is 0.303. The Hall–Kier alpha value is -6.18. The van der Waals surface area contributed by atoms with Crippen LogP contribution in [-0.2, 0) is 10.8 Å². The molecule has 8 saturated carbocycles. The van der Waals surface area contributed by atoms with Crippen LogP contribution in [0.4, 0.5) is 17.1 Å². The van der Waals surface area contributed by atoms with E-state index in [1.165, 1.54) is 137 Å². The molecule has 0 aromatic heterocycles. The van der Waals surface area contributed by atoms with E-state index in [4.69, 9.17) is 0 Å². The summed E-state index contributed by atoms with van der Waals surface area (Å²) in [5.74, 6) is 6.79. The van der Waals surface area contributed by atoms with Gasteiger partial charge >= 0.3 is 0 Å². The monoisotopic (exact) mass is 863 g/mol. The number of anilines is 3. The van der Waals surface area contributed by atoms with Crippen LogP contribution in [0.5, 0.6) is 0 Å². The Labute approximate surface area is 395 Å². The van der Waals surface area contributed by atoms with E-state index in [-0.39, 0.29) is 10.8 Å². The minimum Gasteiger partial charge on any atom is -0.310 e. The molecule has 0 unspecified atom stereocenters. The number of para-hydroxylation sites is 1. The summed E-state index contributed by atoms with van der Waals surface area (Å²) in [6.45, 7) is 0. The zero-order valence-corrected chi connectivity index (χ0v) is 38.4. The van der Waals surface area contributed by atoms with Crippen molar-refractivity contribution in [2.24, 2.45) is 47.3 Å². The van der Waals surface area contributed by atoms with Crippen LogP contribution in [-0.4, -0.2) is 0 Å². The first-order valence-corrected chi connectivity index (χ1v) is 26.1. The summed E-state index contributed by atoms with van der Waals surface area (Å²) in [4.78, 5) is 2.49. The molecule has 326 valence electrons. The van der Waals surface area contributed by atoms with Gasteiger partial charge in [-0.25, -0.2) is 0 Å². The fourth-order valence-corrected chi connectivity index (χ4v) is 18.3. The molecule has 10 aliphatic carbocycles. The molecule has 67 heavy (non-hydrogen) atoms. The van der Waals surface area contributed by atoms with Gasteiger partial charge in [-0.05, 0) is 220 Å². The summed E-state index contributed by atoms with van der Waals surface area (Å²) in [5, 5.41) is 2.59. The maximum absolute atomic E-state index is 2.64. The minimum atomic E-state index is 0.155. The smallest absolute Gasteiger partial charge is 0.0540 e. The first-order chi connectivity index (χ1) is 33.1. The summed E-state index contributed by atoms with van der Waals surface area (Å²) in [7, 11) is 0. The fourth-order valence-electron chi connectivity index (χ4n) is 18.3. The van der Waals surface area contributed by atoms with E-state index in [1.54, 1.807) is 22.3 Å². The minimum absolute atomic E-state index is 0.155. The maximum atomic E-state index is 2.64. The normalized spacial score (nSPS) is 30.5. The van der Waals surface area contributed by atoms with Crippen LogP contribution in [0.1, 0.15) is 86.5 Å². The van der Waals surface area contributed by atoms with E-state index >= 15 is 0 Å². The van der Waals surface area contributed by atoms with Crippen molar-refractivity contribution in [2.45, 2.75) is 75.0 Å². The molecule has 0 saturated heterocycles. The topological polar surface area (TPSA) is 3.24 Å². The lowest BCUT2D eigenvalue weighted by Crippen LogP contribution is -2.55. The van der Waals surface area contributed by atoms with Crippen LogP contribution < -0.4 is 4.90 Å². The standard InChI is InChI=1S/C66H57N/c1-2-11-50(12-3-1)67(51-24-21-44(22-25-51)45-23-26-55-54-14-6-8-18-59(54)66(62(55)39-45)48-35-42-30-43(37-48)38-49(66)36-42)63-28-27-53(52-13-4-5-15-56(52)63)57-17-10-20-61-64(57)58-16-7-9-19-60(58)65(61)46-31-40-29-41(33-46)34-47(65)32-40/h1-28,39-43,46-49H,29-38H2. The predicted molar refractivity (Wildman–Crippen MR) is 276 cm³/mol. The summed E-state index contributed by atoms with van der Waals surface area (Å²) < 4.78 is 0. The van der Waals surface area contributed by atoms with E-state index in [9.17, 15) is 0 Å². The van der Waals surface area contributed by atoms with Crippen LogP contribution in [0.3, 0.4) is 0 Å². The van der Waals surface area contributed by atoms with Gasteiger partial charge < -0.3 is 4.90 Å². The van der Waals surface area contributed by atoms with Gasteiger partial charge in [-0.3, -0.25) is 0 Å². The average Bonchev–Trinajstić information content (AvgIpc) is 3.83. The Morgan fingerprint density at radius 2 is 0.791 bits per heavy atom. The first-order valence-electron chi connectivity index (χ1n) is 26.1. The molecule has 18 rings (SSSR count). The van der Waals surface area contributed by atoms with E-state index in [0.717, 1.165) is 47.3 Å². The van der Waals surface area contributed by atoms with Crippen molar-refractivity contribution in [2.75, 3.05) is 4.90 Å². The highest BCUT2D eigenvalue weighted by atomic mass is 15.1.